The van der Waals surface area contributed by atoms with Gasteiger partial charge in [0.1, 0.15) is 5.76 Å². The summed E-state index contributed by atoms with van der Waals surface area (Å²) in [6.07, 6.45) is 1.48. The Labute approximate surface area is 96.6 Å². The second-order valence-electron chi connectivity index (χ2n) is 3.35. The van der Waals surface area contributed by atoms with Crippen molar-refractivity contribution in [2.75, 3.05) is 0 Å². The molecule has 82 valence electrons. The van der Waals surface area contributed by atoms with Crippen LogP contribution in [0.5, 0.6) is 0 Å². The minimum Gasteiger partial charge on any atom is -0.464 e. The van der Waals surface area contributed by atoms with Crippen molar-refractivity contribution < 1.29 is 9.34 Å². The molecule has 0 unspecified atom stereocenters. The van der Waals surface area contributed by atoms with Crippen LogP contribution in [0.25, 0.3) is 11.3 Å². The standard InChI is InChI=1S/C11H8ClNO3/c1-7-5-8(12)6-9(13(14)15)11(7)10-3-2-4-16-10/h2-6H,1H3. The second-order valence-corrected chi connectivity index (χ2v) is 3.79. The largest absolute Gasteiger partial charge is 0.464 e. The van der Waals surface area contributed by atoms with Crippen LogP contribution in [0.4, 0.5) is 5.69 Å². The second kappa shape index (κ2) is 3.98. The first-order valence-corrected chi connectivity index (χ1v) is 4.96. The molecule has 16 heavy (non-hydrogen) atoms. The maximum atomic E-state index is 10.9. The van der Waals surface area contributed by atoms with Gasteiger partial charge in [-0.15, -0.1) is 0 Å². The molecule has 0 N–H and O–H groups in total. The summed E-state index contributed by atoms with van der Waals surface area (Å²) in [5.41, 5.74) is 1.15. The lowest BCUT2D eigenvalue weighted by Gasteiger charge is -2.04. The summed E-state index contributed by atoms with van der Waals surface area (Å²) in [5.74, 6) is 0.473. The van der Waals surface area contributed by atoms with Gasteiger partial charge in [-0.25, -0.2) is 0 Å². The number of nitro benzene ring substituents is 1. The number of nitro groups is 1. The van der Waals surface area contributed by atoms with Gasteiger partial charge in [0.2, 0.25) is 0 Å². The van der Waals surface area contributed by atoms with E-state index in [9.17, 15) is 10.1 Å². The van der Waals surface area contributed by atoms with Crippen LogP contribution >= 0.6 is 11.6 Å². The SMILES string of the molecule is Cc1cc(Cl)cc([N+](=O)[O-])c1-c1ccco1. The normalized spacial score (nSPS) is 10.4. The molecule has 5 heteroatoms. The fourth-order valence-corrected chi connectivity index (χ4v) is 1.88. The topological polar surface area (TPSA) is 56.3 Å². The van der Waals surface area contributed by atoms with Gasteiger partial charge in [-0.2, -0.15) is 0 Å². The molecule has 0 spiro atoms. The van der Waals surface area contributed by atoms with Crippen molar-refractivity contribution in [2.45, 2.75) is 6.92 Å². The van der Waals surface area contributed by atoms with Gasteiger partial charge in [0.15, 0.2) is 0 Å². The Morgan fingerprint density at radius 2 is 2.19 bits per heavy atom. The number of aryl methyl sites for hydroxylation is 1. The first-order valence-electron chi connectivity index (χ1n) is 4.58. The monoisotopic (exact) mass is 237 g/mol. The summed E-state index contributed by atoms with van der Waals surface area (Å²) in [6.45, 7) is 1.76. The highest BCUT2D eigenvalue weighted by molar-refractivity contribution is 6.31. The molecule has 0 aliphatic rings. The first kappa shape index (κ1) is 10.7. The summed E-state index contributed by atoms with van der Waals surface area (Å²) >= 11 is 5.79. The molecule has 1 aromatic heterocycles. The Morgan fingerprint density at radius 1 is 1.44 bits per heavy atom. The van der Waals surface area contributed by atoms with Gasteiger partial charge in [-0.05, 0) is 30.7 Å². The molecule has 0 radical (unpaired) electrons. The molecule has 0 aliphatic heterocycles. The number of furan rings is 1. The van der Waals surface area contributed by atoms with Crippen LogP contribution in [0.3, 0.4) is 0 Å². The third kappa shape index (κ3) is 1.79. The van der Waals surface area contributed by atoms with Gasteiger partial charge in [0.25, 0.3) is 5.69 Å². The summed E-state index contributed by atoms with van der Waals surface area (Å²) in [7, 11) is 0. The molecule has 0 amide bonds. The molecule has 0 saturated carbocycles. The Kier molecular flexibility index (Phi) is 2.66. The van der Waals surface area contributed by atoms with Gasteiger partial charge < -0.3 is 4.42 Å². The predicted octanol–water partition coefficient (Wildman–Crippen LogP) is 3.82. The summed E-state index contributed by atoms with van der Waals surface area (Å²) in [6, 6.07) is 6.37. The minimum absolute atomic E-state index is 0.0417. The zero-order chi connectivity index (χ0) is 11.7. The van der Waals surface area contributed by atoms with Crippen LogP contribution in [0.1, 0.15) is 5.56 Å². The Hall–Kier alpha value is -1.81. The van der Waals surface area contributed by atoms with Crippen molar-refractivity contribution in [3.63, 3.8) is 0 Å². The number of benzene rings is 1. The molecular weight excluding hydrogens is 230 g/mol. The fraction of sp³-hybridized carbons (Fsp3) is 0.0909. The van der Waals surface area contributed by atoms with E-state index in [2.05, 4.69) is 0 Å². The molecule has 1 aromatic carbocycles. The molecular formula is C11H8ClNO3. The molecule has 1 heterocycles. The van der Waals surface area contributed by atoms with Gasteiger partial charge in [0, 0.05) is 11.1 Å². The molecule has 0 aliphatic carbocycles. The quantitative estimate of drug-likeness (QED) is 0.589. The maximum absolute atomic E-state index is 10.9. The third-order valence-electron chi connectivity index (χ3n) is 2.24. The van der Waals surface area contributed by atoms with E-state index < -0.39 is 4.92 Å². The van der Waals surface area contributed by atoms with Crippen molar-refractivity contribution in [1.82, 2.24) is 0 Å². The predicted molar refractivity (Wildman–Crippen MR) is 60.5 cm³/mol. The van der Waals surface area contributed by atoms with Crippen molar-refractivity contribution in [1.29, 1.82) is 0 Å². The highest BCUT2D eigenvalue weighted by Crippen LogP contribution is 2.35. The zero-order valence-electron chi connectivity index (χ0n) is 8.44. The molecule has 2 rings (SSSR count). The molecule has 2 aromatic rings. The lowest BCUT2D eigenvalue weighted by Crippen LogP contribution is -1.94. The Morgan fingerprint density at radius 3 is 2.75 bits per heavy atom. The Balaban J connectivity index is 2.72. The van der Waals surface area contributed by atoms with E-state index in [-0.39, 0.29) is 5.69 Å². The van der Waals surface area contributed by atoms with E-state index in [4.69, 9.17) is 16.0 Å². The van der Waals surface area contributed by atoms with Crippen LogP contribution < -0.4 is 0 Å². The molecule has 4 nitrogen and oxygen atoms in total. The Bertz CT molecular complexity index is 534. The van der Waals surface area contributed by atoms with Crippen molar-refractivity contribution in [2.24, 2.45) is 0 Å². The average Bonchev–Trinajstić information content (AvgIpc) is 2.69. The fourth-order valence-electron chi connectivity index (χ4n) is 1.61. The number of rotatable bonds is 2. The molecule has 0 bridgehead atoms. The van der Waals surface area contributed by atoms with Crippen LogP contribution in [-0.4, -0.2) is 4.92 Å². The van der Waals surface area contributed by atoms with Gasteiger partial charge in [-0.1, -0.05) is 11.6 Å². The lowest BCUT2D eigenvalue weighted by molar-refractivity contribution is -0.384. The van der Waals surface area contributed by atoms with Crippen LogP contribution in [0.15, 0.2) is 34.9 Å². The lowest BCUT2D eigenvalue weighted by atomic mass is 10.0. The first-order chi connectivity index (χ1) is 7.59. The van der Waals surface area contributed by atoms with Crippen molar-refractivity contribution >= 4 is 17.3 Å². The van der Waals surface area contributed by atoms with Crippen LogP contribution in [0.2, 0.25) is 5.02 Å². The third-order valence-corrected chi connectivity index (χ3v) is 2.46. The highest BCUT2D eigenvalue weighted by Gasteiger charge is 2.20. The number of nitrogens with zero attached hydrogens (tertiary/aromatic N) is 1. The van der Waals surface area contributed by atoms with Gasteiger partial charge >= 0.3 is 0 Å². The van der Waals surface area contributed by atoms with E-state index >= 15 is 0 Å². The molecule has 0 atom stereocenters. The minimum atomic E-state index is -0.462. The van der Waals surface area contributed by atoms with Crippen molar-refractivity contribution in [3.05, 3.63) is 51.2 Å². The highest BCUT2D eigenvalue weighted by atomic mass is 35.5. The summed E-state index contributed by atoms with van der Waals surface area (Å²) < 4.78 is 5.18. The smallest absolute Gasteiger partial charge is 0.282 e. The van der Waals surface area contributed by atoms with E-state index in [0.717, 1.165) is 0 Å². The van der Waals surface area contributed by atoms with Gasteiger partial charge in [-0.3, -0.25) is 10.1 Å². The average molecular weight is 238 g/mol. The number of hydrogen-bond acceptors (Lipinski definition) is 3. The van der Waals surface area contributed by atoms with Gasteiger partial charge in [0.05, 0.1) is 16.7 Å². The van der Waals surface area contributed by atoms with E-state index in [1.54, 1.807) is 25.1 Å². The summed E-state index contributed by atoms with van der Waals surface area (Å²) in [4.78, 5) is 10.5. The summed E-state index contributed by atoms with van der Waals surface area (Å²) in [5, 5.41) is 11.3. The molecule has 0 fully saturated rings. The zero-order valence-corrected chi connectivity index (χ0v) is 9.19. The van der Waals surface area contributed by atoms with E-state index in [0.29, 0.717) is 21.9 Å². The van der Waals surface area contributed by atoms with E-state index in [1.807, 2.05) is 0 Å². The van der Waals surface area contributed by atoms with Crippen LogP contribution in [-0.2, 0) is 0 Å². The number of halogens is 1. The molecule has 0 saturated heterocycles. The maximum Gasteiger partial charge on any atom is 0.282 e. The van der Waals surface area contributed by atoms with Crippen LogP contribution in [0, 0.1) is 17.0 Å². The van der Waals surface area contributed by atoms with E-state index in [1.165, 1.54) is 12.3 Å². The number of hydrogen-bond donors (Lipinski definition) is 0. The van der Waals surface area contributed by atoms with Crippen molar-refractivity contribution in [3.8, 4) is 11.3 Å².